The van der Waals surface area contributed by atoms with Crippen molar-refractivity contribution in [1.29, 1.82) is 0 Å². The Hall–Kier alpha value is -3.15. The van der Waals surface area contributed by atoms with Crippen LogP contribution in [-0.4, -0.2) is 103 Å². The number of aromatic hydroxyl groups is 1. The highest BCUT2D eigenvalue weighted by atomic mass is 32.2. The Labute approximate surface area is 198 Å². The molecule has 10 nitrogen and oxygen atoms in total. The average molecular weight is 485 g/mol. The number of ether oxygens (including phenoxy) is 1. The van der Waals surface area contributed by atoms with Crippen molar-refractivity contribution in [3.8, 4) is 17.0 Å². The molecule has 2 aromatic heterocycles. The van der Waals surface area contributed by atoms with Crippen molar-refractivity contribution in [2.24, 2.45) is 0 Å². The number of anilines is 1. The zero-order chi connectivity index (χ0) is 23.9. The first-order valence-electron chi connectivity index (χ1n) is 11.2. The first-order chi connectivity index (χ1) is 16.3. The summed E-state index contributed by atoms with van der Waals surface area (Å²) in [5.74, 6) is 4.41. The number of phenols is 1. The molecule has 2 saturated heterocycles. The topological polar surface area (TPSA) is 104 Å². The van der Waals surface area contributed by atoms with Gasteiger partial charge in [0.15, 0.2) is 11.5 Å². The third-order valence-electron chi connectivity index (χ3n) is 6.16. The summed E-state index contributed by atoms with van der Waals surface area (Å²) in [5, 5.41) is 9.95. The molecule has 5 rings (SSSR count). The van der Waals surface area contributed by atoms with Gasteiger partial charge in [0.2, 0.25) is 0 Å². The van der Waals surface area contributed by atoms with Crippen molar-refractivity contribution in [1.82, 2.24) is 23.6 Å². The van der Waals surface area contributed by atoms with Crippen molar-refractivity contribution in [2.75, 3.05) is 63.6 Å². The summed E-state index contributed by atoms with van der Waals surface area (Å²) in [7, 11) is -2.28. The fourth-order valence-corrected chi connectivity index (χ4v) is 5.25. The zero-order valence-corrected chi connectivity index (χ0v) is 19.9. The molecule has 1 amide bonds. The molecular formula is C23H28N6O4S. The number of carbonyl (C=O) groups excluding carboxylic acids is 1. The number of fused-ring (bicyclic) bond motifs is 1. The number of amides is 1. The number of imidazole rings is 1. The SMILES string of the molecule is C=S(C)(=O)N1CCN(C(=O)c2cn3cc(-c4cccc(O)c4)nc(N4CCOCC4)c3n2)CC1. The first-order valence-corrected chi connectivity index (χ1v) is 13.3. The third kappa shape index (κ3) is 4.46. The molecule has 2 aliphatic heterocycles. The number of carbonyl (C=O) groups is 1. The molecule has 1 aromatic carbocycles. The molecule has 0 radical (unpaired) electrons. The van der Waals surface area contributed by atoms with Crippen LogP contribution in [0.1, 0.15) is 10.5 Å². The van der Waals surface area contributed by atoms with Crippen molar-refractivity contribution in [2.45, 2.75) is 0 Å². The minimum absolute atomic E-state index is 0.159. The minimum Gasteiger partial charge on any atom is -0.508 e. The maximum absolute atomic E-state index is 13.3. The minimum atomic E-state index is -2.28. The van der Waals surface area contributed by atoms with Crippen molar-refractivity contribution >= 4 is 33.0 Å². The van der Waals surface area contributed by atoms with Crippen LogP contribution in [0.5, 0.6) is 5.75 Å². The van der Waals surface area contributed by atoms with Crippen LogP contribution in [0.25, 0.3) is 16.9 Å². The van der Waals surface area contributed by atoms with Gasteiger partial charge in [-0.1, -0.05) is 12.1 Å². The van der Waals surface area contributed by atoms with E-state index in [0.29, 0.717) is 75.3 Å². The molecule has 34 heavy (non-hydrogen) atoms. The maximum Gasteiger partial charge on any atom is 0.274 e. The fraction of sp³-hybridized carbons (Fsp3) is 0.391. The lowest BCUT2D eigenvalue weighted by atomic mass is 10.1. The molecule has 2 aliphatic rings. The predicted octanol–water partition coefficient (Wildman–Crippen LogP) is 0.957. The van der Waals surface area contributed by atoms with E-state index in [2.05, 4.69) is 15.8 Å². The molecule has 1 atom stereocenters. The molecule has 2 fully saturated rings. The van der Waals surface area contributed by atoms with E-state index < -0.39 is 9.71 Å². The first kappa shape index (κ1) is 22.6. The highest BCUT2D eigenvalue weighted by Crippen LogP contribution is 2.28. The largest absolute Gasteiger partial charge is 0.508 e. The second-order valence-electron chi connectivity index (χ2n) is 8.64. The van der Waals surface area contributed by atoms with Crippen LogP contribution in [0.2, 0.25) is 0 Å². The van der Waals surface area contributed by atoms with Gasteiger partial charge in [-0.05, 0) is 18.0 Å². The summed E-state index contributed by atoms with van der Waals surface area (Å²) < 4.78 is 21.4. The van der Waals surface area contributed by atoms with Gasteiger partial charge in [-0.25, -0.2) is 14.3 Å². The number of nitrogens with zero attached hydrogens (tertiary/aromatic N) is 6. The lowest BCUT2D eigenvalue weighted by Gasteiger charge is -2.34. The number of rotatable bonds is 4. The zero-order valence-electron chi connectivity index (χ0n) is 19.1. The van der Waals surface area contributed by atoms with E-state index in [4.69, 9.17) is 9.72 Å². The van der Waals surface area contributed by atoms with Crippen molar-refractivity contribution in [3.63, 3.8) is 0 Å². The van der Waals surface area contributed by atoms with Crippen LogP contribution >= 0.6 is 0 Å². The molecule has 0 aliphatic carbocycles. The Morgan fingerprint density at radius 3 is 2.50 bits per heavy atom. The van der Waals surface area contributed by atoms with Crippen LogP contribution in [0.3, 0.4) is 0 Å². The Kier molecular flexibility index (Phi) is 5.92. The summed E-state index contributed by atoms with van der Waals surface area (Å²) in [6, 6.07) is 6.93. The van der Waals surface area contributed by atoms with E-state index in [1.54, 1.807) is 35.6 Å². The van der Waals surface area contributed by atoms with E-state index in [9.17, 15) is 14.1 Å². The van der Waals surface area contributed by atoms with Crippen molar-refractivity contribution in [3.05, 3.63) is 42.4 Å². The summed E-state index contributed by atoms with van der Waals surface area (Å²) >= 11 is 0. The number of benzene rings is 1. The van der Waals surface area contributed by atoms with Gasteiger partial charge in [-0.3, -0.25) is 9.00 Å². The van der Waals surface area contributed by atoms with Gasteiger partial charge >= 0.3 is 0 Å². The number of hydrogen-bond donors (Lipinski definition) is 1. The lowest BCUT2D eigenvalue weighted by molar-refractivity contribution is 0.0695. The molecule has 0 saturated carbocycles. The second-order valence-corrected chi connectivity index (χ2v) is 11.1. The molecule has 11 heteroatoms. The van der Waals surface area contributed by atoms with Crippen LogP contribution in [0, 0.1) is 0 Å². The van der Waals surface area contributed by atoms with Crippen LogP contribution < -0.4 is 4.90 Å². The molecule has 0 bridgehead atoms. The normalized spacial score (nSPS) is 19.3. The fourth-order valence-electron chi connectivity index (χ4n) is 4.32. The second kappa shape index (κ2) is 8.90. The number of aromatic nitrogens is 3. The number of phenolic OH excluding ortho intramolecular Hbond substituents is 1. The molecule has 1 N–H and O–H groups in total. The van der Waals surface area contributed by atoms with Gasteiger partial charge in [-0.2, -0.15) is 0 Å². The van der Waals surface area contributed by atoms with Crippen molar-refractivity contribution < 1.29 is 18.8 Å². The van der Waals surface area contributed by atoms with E-state index in [1.807, 2.05) is 21.0 Å². The average Bonchev–Trinajstić information content (AvgIpc) is 3.27. The molecule has 0 spiro atoms. The monoisotopic (exact) mass is 484 g/mol. The summed E-state index contributed by atoms with van der Waals surface area (Å²) in [6.45, 7) is 4.49. The number of piperazine rings is 1. The van der Waals surface area contributed by atoms with E-state index in [0.717, 1.165) is 5.56 Å². The molecular weight excluding hydrogens is 456 g/mol. The summed E-state index contributed by atoms with van der Waals surface area (Å²) in [5.41, 5.74) is 2.38. The highest BCUT2D eigenvalue weighted by Gasteiger charge is 2.27. The highest BCUT2D eigenvalue weighted by molar-refractivity contribution is 7.97. The molecule has 3 aromatic rings. The van der Waals surface area contributed by atoms with Gasteiger partial charge in [0, 0.05) is 73.2 Å². The van der Waals surface area contributed by atoms with E-state index >= 15 is 0 Å². The predicted molar refractivity (Wildman–Crippen MR) is 132 cm³/mol. The van der Waals surface area contributed by atoms with Crippen LogP contribution in [-0.2, 0) is 14.4 Å². The quantitative estimate of drug-likeness (QED) is 0.550. The number of hydrogen-bond acceptors (Lipinski definition) is 7. The smallest absolute Gasteiger partial charge is 0.274 e. The maximum atomic E-state index is 13.3. The Bertz CT molecular complexity index is 1320. The Balaban J connectivity index is 1.50. The number of morpholine rings is 1. The summed E-state index contributed by atoms with van der Waals surface area (Å²) in [6.07, 6.45) is 5.17. The van der Waals surface area contributed by atoms with E-state index in [-0.39, 0.29) is 11.7 Å². The van der Waals surface area contributed by atoms with Gasteiger partial charge < -0.3 is 24.0 Å². The standard InChI is InChI=1S/C23H28N6O4S/c1-34(2,32)29-8-6-27(7-9-29)23(31)20-16-28-15-19(17-4-3-5-18(30)14-17)24-21(22(28)25-20)26-10-12-33-13-11-26/h3-5,14-16,30H,1,6-13H2,2H3. The van der Waals surface area contributed by atoms with E-state index in [1.165, 1.54) is 0 Å². The van der Waals surface area contributed by atoms with Gasteiger partial charge in [0.05, 0.1) is 18.9 Å². The Morgan fingerprint density at radius 2 is 1.82 bits per heavy atom. The summed E-state index contributed by atoms with van der Waals surface area (Å²) in [4.78, 5) is 26.7. The third-order valence-corrected chi connectivity index (χ3v) is 7.62. The van der Waals surface area contributed by atoms with Crippen LogP contribution in [0.4, 0.5) is 5.82 Å². The Morgan fingerprint density at radius 1 is 1.09 bits per heavy atom. The molecule has 4 heterocycles. The van der Waals surface area contributed by atoms with Gasteiger partial charge in [0.1, 0.15) is 11.4 Å². The van der Waals surface area contributed by atoms with Gasteiger partial charge in [0.25, 0.3) is 5.91 Å². The van der Waals surface area contributed by atoms with Crippen LogP contribution in [0.15, 0.2) is 36.7 Å². The molecule has 180 valence electrons. The molecule has 1 unspecified atom stereocenters. The lowest BCUT2D eigenvalue weighted by Crippen LogP contribution is -2.50. The van der Waals surface area contributed by atoms with Gasteiger partial charge in [-0.15, -0.1) is 0 Å².